The number of methoxy groups -OCH3 is 2. The van der Waals surface area contributed by atoms with E-state index >= 15 is 0 Å². The summed E-state index contributed by atoms with van der Waals surface area (Å²) >= 11 is 0. The van der Waals surface area contributed by atoms with Gasteiger partial charge in [0.25, 0.3) is 0 Å². The number of ether oxygens (including phenoxy) is 3. The van der Waals surface area contributed by atoms with Crippen molar-refractivity contribution in [3.8, 4) is 0 Å². The van der Waals surface area contributed by atoms with Gasteiger partial charge in [-0.2, -0.15) is 0 Å². The van der Waals surface area contributed by atoms with Gasteiger partial charge in [0.2, 0.25) is 0 Å². The molecule has 0 aromatic heterocycles. The van der Waals surface area contributed by atoms with Crippen molar-refractivity contribution in [3.63, 3.8) is 0 Å². The van der Waals surface area contributed by atoms with Crippen LogP contribution in [0.5, 0.6) is 0 Å². The average molecular weight is 368 g/mol. The van der Waals surface area contributed by atoms with Crippen LogP contribution in [0.25, 0.3) is 0 Å². The number of carbonyl (C=O) groups is 2. The van der Waals surface area contributed by atoms with E-state index in [-0.39, 0.29) is 18.0 Å². The van der Waals surface area contributed by atoms with Crippen LogP contribution >= 0.6 is 0 Å². The van der Waals surface area contributed by atoms with Gasteiger partial charge < -0.3 is 19.3 Å². The standard InChI is InChI=1S/C20H32O6/c1-24-18(22)12-6-7-13-20(19(23)25-2)14-8-11-17(20)26-16-10-5-3-4-9-15(16)21/h11,15-16,21H,3-10,12-14H2,1-2H3/t15-,16-,20+/m1/s1. The topological polar surface area (TPSA) is 82.1 Å². The number of hydrogen-bond acceptors (Lipinski definition) is 6. The number of aliphatic hydroxyl groups is 1. The molecule has 1 N–H and O–H groups in total. The van der Waals surface area contributed by atoms with Crippen molar-refractivity contribution < 1.29 is 28.9 Å². The maximum atomic E-state index is 12.6. The number of unbranched alkanes of at least 4 members (excludes halogenated alkanes) is 1. The summed E-state index contributed by atoms with van der Waals surface area (Å²) in [5, 5.41) is 10.4. The number of esters is 2. The third-order valence-electron chi connectivity index (χ3n) is 5.61. The molecule has 2 aliphatic carbocycles. The van der Waals surface area contributed by atoms with Crippen LogP contribution in [0.15, 0.2) is 11.8 Å². The van der Waals surface area contributed by atoms with Crippen LogP contribution in [0, 0.1) is 5.41 Å². The summed E-state index contributed by atoms with van der Waals surface area (Å²) in [5.41, 5.74) is -0.795. The number of allylic oxidation sites excluding steroid dienone is 1. The first-order chi connectivity index (χ1) is 12.5. The molecule has 2 rings (SSSR count). The van der Waals surface area contributed by atoms with Gasteiger partial charge in [0, 0.05) is 6.42 Å². The van der Waals surface area contributed by atoms with Gasteiger partial charge in [-0.25, -0.2) is 0 Å². The molecule has 1 saturated carbocycles. The molecule has 0 spiro atoms. The molecular weight excluding hydrogens is 336 g/mol. The molecule has 148 valence electrons. The highest BCUT2D eigenvalue weighted by atomic mass is 16.5. The first kappa shape index (κ1) is 20.7. The van der Waals surface area contributed by atoms with Gasteiger partial charge in [-0.05, 0) is 51.0 Å². The molecule has 0 heterocycles. The molecule has 0 aromatic rings. The summed E-state index contributed by atoms with van der Waals surface area (Å²) in [6.07, 6.45) is 9.58. The molecule has 6 heteroatoms. The fourth-order valence-electron chi connectivity index (χ4n) is 4.03. The summed E-state index contributed by atoms with van der Waals surface area (Å²) in [4.78, 5) is 23.9. The van der Waals surface area contributed by atoms with E-state index < -0.39 is 11.5 Å². The monoisotopic (exact) mass is 368 g/mol. The Labute approximate surface area is 155 Å². The number of rotatable bonds is 8. The minimum absolute atomic E-state index is 0.239. The van der Waals surface area contributed by atoms with E-state index in [1.165, 1.54) is 14.2 Å². The predicted molar refractivity (Wildman–Crippen MR) is 96.2 cm³/mol. The van der Waals surface area contributed by atoms with Crippen molar-refractivity contribution in [2.24, 2.45) is 5.41 Å². The molecular formula is C20H32O6. The number of carbonyl (C=O) groups excluding carboxylic acids is 2. The lowest BCUT2D eigenvalue weighted by molar-refractivity contribution is -0.154. The van der Waals surface area contributed by atoms with Crippen molar-refractivity contribution >= 4 is 11.9 Å². The Morgan fingerprint density at radius 3 is 2.65 bits per heavy atom. The summed E-state index contributed by atoms with van der Waals surface area (Å²) in [6.45, 7) is 0. The molecule has 3 atom stereocenters. The van der Waals surface area contributed by atoms with E-state index in [1.807, 2.05) is 6.08 Å². The Hall–Kier alpha value is -1.56. The minimum atomic E-state index is -0.795. The Morgan fingerprint density at radius 2 is 1.92 bits per heavy atom. The smallest absolute Gasteiger partial charge is 0.319 e. The lowest BCUT2D eigenvalue weighted by atomic mass is 9.80. The third kappa shape index (κ3) is 5.00. The second-order valence-corrected chi connectivity index (χ2v) is 7.33. The van der Waals surface area contributed by atoms with Gasteiger partial charge in [-0.1, -0.05) is 19.3 Å². The maximum Gasteiger partial charge on any atom is 0.319 e. The SMILES string of the molecule is COC(=O)CCCC[C@]1(C(=O)OC)CCC=C1O[C@@H]1CCCCC[C@H]1O. The van der Waals surface area contributed by atoms with E-state index in [0.29, 0.717) is 37.9 Å². The van der Waals surface area contributed by atoms with Crippen LogP contribution in [-0.2, 0) is 23.8 Å². The molecule has 0 radical (unpaired) electrons. The molecule has 0 saturated heterocycles. The molecule has 6 nitrogen and oxygen atoms in total. The second kappa shape index (κ2) is 9.95. The van der Waals surface area contributed by atoms with Crippen molar-refractivity contribution in [2.75, 3.05) is 14.2 Å². The molecule has 0 aromatic carbocycles. The summed E-state index contributed by atoms with van der Waals surface area (Å²) in [6, 6.07) is 0. The summed E-state index contributed by atoms with van der Waals surface area (Å²) in [7, 11) is 2.77. The summed E-state index contributed by atoms with van der Waals surface area (Å²) < 4.78 is 16.0. The van der Waals surface area contributed by atoms with Crippen LogP contribution in [-0.4, -0.2) is 43.5 Å². The Morgan fingerprint density at radius 1 is 1.15 bits per heavy atom. The minimum Gasteiger partial charge on any atom is -0.491 e. The number of hydrogen-bond donors (Lipinski definition) is 1. The Bertz CT molecular complexity index is 514. The highest BCUT2D eigenvalue weighted by molar-refractivity contribution is 5.80. The number of aliphatic hydroxyl groups excluding tert-OH is 1. The lowest BCUT2D eigenvalue weighted by Gasteiger charge is -2.33. The molecule has 0 bridgehead atoms. The van der Waals surface area contributed by atoms with E-state index in [4.69, 9.17) is 9.47 Å². The normalized spacial score (nSPS) is 28.8. The van der Waals surface area contributed by atoms with Gasteiger partial charge in [0.1, 0.15) is 17.3 Å². The van der Waals surface area contributed by atoms with Crippen LogP contribution < -0.4 is 0 Å². The van der Waals surface area contributed by atoms with Gasteiger partial charge in [0.15, 0.2) is 0 Å². The second-order valence-electron chi connectivity index (χ2n) is 7.33. The van der Waals surface area contributed by atoms with E-state index in [1.54, 1.807) is 0 Å². The molecule has 26 heavy (non-hydrogen) atoms. The quantitative estimate of drug-likeness (QED) is 0.402. The van der Waals surface area contributed by atoms with Crippen LogP contribution in [0.1, 0.15) is 70.6 Å². The van der Waals surface area contributed by atoms with Crippen molar-refractivity contribution in [1.29, 1.82) is 0 Å². The van der Waals surface area contributed by atoms with E-state index in [0.717, 1.165) is 38.5 Å². The summed E-state index contributed by atoms with van der Waals surface area (Å²) in [5.74, 6) is 0.118. The molecule has 1 fully saturated rings. The Balaban J connectivity index is 2.04. The molecule has 0 unspecified atom stereocenters. The fraction of sp³-hybridized carbons (Fsp3) is 0.800. The largest absolute Gasteiger partial charge is 0.491 e. The molecule has 0 amide bonds. The van der Waals surface area contributed by atoms with E-state index in [9.17, 15) is 14.7 Å². The van der Waals surface area contributed by atoms with E-state index in [2.05, 4.69) is 4.74 Å². The van der Waals surface area contributed by atoms with Crippen LogP contribution in [0.2, 0.25) is 0 Å². The highest BCUT2D eigenvalue weighted by Gasteiger charge is 2.47. The zero-order chi connectivity index (χ0) is 19.0. The van der Waals surface area contributed by atoms with Crippen molar-refractivity contribution in [1.82, 2.24) is 0 Å². The average Bonchev–Trinajstić information content (AvgIpc) is 2.94. The van der Waals surface area contributed by atoms with Gasteiger partial charge in [-0.15, -0.1) is 0 Å². The zero-order valence-corrected chi connectivity index (χ0v) is 16.0. The lowest BCUT2D eigenvalue weighted by Crippen LogP contribution is -2.37. The fourth-order valence-corrected chi connectivity index (χ4v) is 4.03. The zero-order valence-electron chi connectivity index (χ0n) is 16.0. The van der Waals surface area contributed by atoms with Crippen molar-refractivity contribution in [2.45, 2.75) is 82.8 Å². The van der Waals surface area contributed by atoms with Gasteiger partial charge in [0.05, 0.1) is 20.3 Å². The molecule has 2 aliphatic rings. The Kier molecular flexibility index (Phi) is 7.94. The maximum absolute atomic E-state index is 12.6. The van der Waals surface area contributed by atoms with Crippen LogP contribution in [0.3, 0.4) is 0 Å². The van der Waals surface area contributed by atoms with Gasteiger partial charge >= 0.3 is 11.9 Å². The molecule has 0 aliphatic heterocycles. The first-order valence-corrected chi connectivity index (χ1v) is 9.74. The first-order valence-electron chi connectivity index (χ1n) is 9.74. The van der Waals surface area contributed by atoms with Crippen molar-refractivity contribution in [3.05, 3.63) is 11.8 Å². The highest BCUT2D eigenvalue weighted by Crippen LogP contribution is 2.46. The van der Waals surface area contributed by atoms with Crippen LogP contribution in [0.4, 0.5) is 0 Å². The third-order valence-corrected chi connectivity index (χ3v) is 5.61. The predicted octanol–water partition coefficient (Wildman–Crippen LogP) is 3.27. The van der Waals surface area contributed by atoms with Gasteiger partial charge in [-0.3, -0.25) is 9.59 Å².